The molecule has 6 nitrogen and oxygen atoms in total. The second-order valence-corrected chi connectivity index (χ2v) is 8.54. The first-order valence-corrected chi connectivity index (χ1v) is 9.99. The van der Waals surface area contributed by atoms with Gasteiger partial charge in [0.1, 0.15) is 10.7 Å². The molecule has 3 aromatic rings. The van der Waals surface area contributed by atoms with Gasteiger partial charge < -0.3 is 16.0 Å². The maximum absolute atomic E-state index is 12.3. The number of hydrogen-bond acceptors (Lipinski definition) is 6. The van der Waals surface area contributed by atoms with Crippen LogP contribution >= 0.6 is 23.1 Å². The quantitative estimate of drug-likeness (QED) is 0.581. The zero-order valence-electron chi connectivity index (χ0n) is 14.8. The highest BCUT2D eigenvalue weighted by Crippen LogP contribution is 2.27. The van der Waals surface area contributed by atoms with Crippen molar-refractivity contribution in [1.29, 1.82) is 0 Å². The number of rotatable bonds is 5. The van der Waals surface area contributed by atoms with Gasteiger partial charge >= 0.3 is 0 Å². The maximum atomic E-state index is 12.3. The lowest BCUT2D eigenvalue weighted by Crippen LogP contribution is -2.23. The molecular weight excluding hydrogens is 368 g/mol. The van der Waals surface area contributed by atoms with Crippen LogP contribution in [0.5, 0.6) is 0 Å². The average molecular weight is 389 g/mol. The summed E-state index contributed by atoms with van der Waals surface area (Å²) in [5, 5.41) is 3.16. The lowest BCUT2D eigenvalue weighted by Gasteiger charge is -2.13. The van der Waals surface area contributed by atoms with Gasteiger partial charge in [0.05, 0.1) is 27.8 Å². The van der Waals surface area contributed by atoms with Crippen molar-refractivity contribution in [1.82, 2.24) is 9.97 Å². The van der Waals surface area contributed by atoms with E-state index < -0.39 is 0 Å². The third kappa shape index (κ3) is 3.76. The molecule has 4 N–H and O–H groups in total. The number of anilines is 2. The Morgan fingerprint density at radius 1 is 1.38 bits per heavy atom. The van der Waals surface area contributed by atoms with Crippen LogP contribution in [0.15, 0.2) is 29.1 Å². The van der Waals surface area contributed by atoms with Crippen molar-refractivity contribution in [3.05, 3.63) is 50.9 Å². The van der Waals surface area contributed by atoms with E-state index in [9.17, 15) is 9.59 Å². The molecule has 0 fully saturated rings. The number of thioether (sulfide) groups is 1. The highest BCUT2D eigenvalue weighted by atomic mass is 32.2. The largest absolute Gasteiger partial charge is 0.397 e. The molecule has 0 bridgehead atoms. The number of aryl methyl sites for hydroxylation is 2. The summed E-state index contributed by atoms with van der Waals surface area (Å²) in [4.78, 5) is 33.8. The van der Waals surface area contributed by atoms with E-state index in [2.05, 4.69) is 15.3 Å². The molecule has 1 atom stereocenters. The fraction of sp³-hybridized carbons (Fsp3) is 0.278. The van der Waals surface area contributed by atoms with E-state index in [0.29, 0.717) is 28.3 Å². The molecule has 1 unspecified atom stereocenters. The summed E-state index contributed by atoms with van der Waals surface area (Å²) in [6.07, 6.45) is 0. The summed E-state index contributed by atoms with van der Waals surface area (Å²) in [6.45, 7) is 5.73. The fourth-order valence-corrected chi connectivity index (χ4v) is 4.30. The van der Waals surface area contributed by atoms with Gasteiger partial charge in [-0.2, -0.15) is 0 Å². The molecule has 0 aliphatic heterocycles. The maximum Gasteiger partial charge on any atom is 0.259 e. The molecular formula is C18H20N4O2S2. The molecule has 26 heavy (non-hydrogen) atoms. The van der Waals surface area contributed by atoms with Crippen molar-refractivity contribution in [2.75, 3.05) is 11.1 Å². The Morgan fingerprint density at radius 2 is 2.12 bits per heavy atom. The highest BCUT2D eigenvalue weighted by Gasteiger charge is 2.17. The predicted molar refractivity (Wildman–Crippen MR) is 110 cm³/mol. The Morgan fingerprint density at radius 3 is 2.85 bits per heavy atom. The number of thiophene rings is 1. The normalized spacial score (nSPS) is 12.3. The molecule has 0 radical (unpaired) electrons. The van der Waals surface area contributed by atoms with E-state index in [0.717, 1.165) is 15.3 Å². The minimum Gasteiger partial charge on any atom is -0.397 e. The highest BCUT2D eigenvalue weighted by molar-refractivity contribution is 7.99. The third-order valence-electron chi connectivity index (χ3n) is 4.15. The Kier molecular flexibility index (Phi) is 5.33. The minimum absolute atomic E-state index is 0.124. The average Bonchev–Trinajstić information content (AvgIpc) is 2.89. The second kappa shape index (κ2) is 7.51. The Balaban J connectivity index is 1.68. The van der Waals surface area contributed by atoms with Gasteiger partial charge in [-0.15, -0.1) is 23.1 Å². The minimum atomic E-state index is -0.317. The van der Waals surface area contributed by atoms with Crippen LogP contribution in [-0.2, 0) is 10.5 Å². The summed E-state index contributed by atoms with van der Waals surface area (Å²) < 4.78 is 0. The van der Waals surface area contributed by atoms with Crippen molar-refractivity contribution in [3.63, 3.8) is 0 Å². The monoisotopic (exact) mass is 388 g/mol. The van der Waals surface area contributed by atoms with E-state index in [1.54, 1.807) is 12.1 Å². The smallest absolute Gasteiger partial charge is 0.259 e. The number of nitrogens with one attached hydrogen (secondary N) is 2. The van der Waals surface area contributed by atoms with Gasteiger partial charge in [0.15, 0.2) is 0 Å². The van der Waals surface area contributed by atoms with Gasteiger partial charge in [-0.05, 0) is 38.5 Å². The van der Waals surface area contributed by atoms with Crippen LogP contribution < -0.4 is 16.6 Å². The van der Waals surface area contributed by atoms with Gasteiger partial charge in [-0.25, -0.2) is 4.98 Å². The molecule has 0 aliphatic rings. The molecule has 1 aromatic carbocycles. The van der Waals surface area contributed by atoms with Crippen molar-refractivity contribution < 1.29 is 4.79 Å². The molecule has 2 aromatic heterocycles. The van der Waals surface area contributed by atoms with Gasteiger partial charge in [0.2, 0.25) is 5.91 Å². The topological polar surface area (TPSA) is 101 Å². The number of amides is 1. The number of nitrogens with two attached hydrogens (primary N) is 1. The summed E-state index contributed by atoms with van der Waals surface area (Å²) in [5.74, 6) is 0.881. The first kappa shape index (κ1) is 18.5. The number of carbonyl (C=O) groups excluding carboxylic acids is 1. The summed E-state index contributed by atoms with van der Waals surface area (Å²) in [5.41, 5.74) is 7.83. The van der Waals surface area contributed by atoms with E-state index in [-0.39, 0.29) is 16.7 Å². The zero-order chi connectivity index (χ0) is 18.8. The number of nitrogen functional groups attached to an aromatic ring is 1. The SMILES string of the molecule is Cc1sc2nc(CSC(C)C(=O)Nc3ccccc3N)[nH]c(=O)c2c1C. The molecule has 136 valence electrons. The number of H-pyrrole nitrogens is 1. The number of carbonyl (C=O) groups is 1. The molecule has 0 spiro atoms. The Labute approximate surface area is 159 Å². The van der Waals surface area contributed by atoms with Crippen LogP contribution in [0.1, 0.15) is 23.2 Å². The van der Waals surface area contributed by atoms with Crippen molar-refractivity contribution in [3.8, 4) is 0 Å². The summed E-state index contributed by atoms with van der Waals surface area (Å²) in [7, 11) is 0. The number of para-hydroxylation sites is 2. The Hall–Kier alpha value is -2.32. The zero-order valence-corrected chi connectivity index (χ0v) is 16.4. The van der Waals surface area contributed by atoms with Crippen molar-refractivity contribution >= 4 is 50.6 Å². The molecule has 0 saturated heterocycles. The molecule has 2 heterocycles. The van der Waals surface area contributed by atoms with Crippen LogP contribution in [0.25, 0.3) is 10.2 Å². The van der Waals surface area contributed by atoms with E-state index in [4.69, 9.17) is 5.73 Å². The molecule has 0 saturated carbocycles. The number of fused-ring (bicyclic) bond motifs is 1. The Bertz CT molecular complexity index is 1030. The lowest BCUT2D eigenvalue weighted by atomic mass is 10.2. The summed E-state index contributed by atoms with van der Waals surface area (Å²) in [6, 6.07) is 7.13. The molecule has 1 amide bonds. The third-order valence-corrected chi connectivity index (χ3v) is 6.40. The van der Waals surface area contributed by atoms with Crippen LogP contribution in [0.4, 0.5) is 11.4 Å². The number of hydrogen-bond donors (Lipinski definition) is 3. The van der Waals surface area contributed by atoms with E-state index in [1.165, 1.54) is 23.1 Å². The van der Waals surface area contributed by atoms with Gasteiger partial charge in [-0.3, -0.25) is 9.59 Å². The molecule has 0 aliphatic carbocycles. The van der Waals surface area contributed by atoms with Crippen LogP contribution in [0.2, 0.25) is 0 Å². The standard InChI is InChI=1S/C18H20N4O2S2/c1-9-10(2)26-18-15(9)17(24)21-14(22-18)8-25-11(3)16(23)20-13-7-5-4-6-12(13)19/h4-7,11H,8,19H2,1-3H3,(H,20,23)(H,21,22,24). The van der Waals surface area contributed by atoms with Gasteiger partial charge in [-0.1, -0.05) is 12.1 Å². The first-order chi connectivity index (χ1) is 12.4. The van der Waals surface area contributed by atoms with Gasteiger partial charge in [0, 0.05) is 4.88 Å². The molecule has 3 rings (SSSR count). The molecule has 8 heteroatoms. The fourth-order valence-electron chi connectivity index (χ4n) is 2.49. The number of aromatic amines is 1. The van der Waals surface area contributed by atoms with Gasteiger partial charge in [0.25, 0.3) is 5.56 Å². The van der Waals surface area contributed by atoms with Crippen molar-refractivity contribution in [2.24, 2.45) is 0 Å². The number of nitrogens with zero attached hydrogens (tertiary/aromatic N) is 1. The van der Waals surface area contributed by atoms with Crippen LogP contribution in [0, 0.1) is 13.8 Å². The second-order valence-electron chi connectivity index (χ2n) is 6.01. The summed E-state index contributed by atoms with van der Waals surface area (Å²) >= 11 is 2.93. The lowest BCUT2D eigenvalue weighted by molar-refractivity contribution is -0.115. The van der Waals surface area contributed by atoms with E-state index in [1.807, 2.05) is 32.9 Å². The first-order valence-electron chi connectivity index (χ1n) is 8.12. The van der Waals surface area contributed by atoms with Crippen LogP contribution in [-0.4, -0.2) is 21.1 Å². The van der Waals surface area contributed by atoms with Crippen molar-refractivity contribution in [2.45, 2.75) is 31.8 Å². The van der Waals surface area contributed by atoms with Crippen LogP contribution in [0.3, 0.4) is 0 Å². The number of aromatic nitrogens is 2. The number of benzene rings is 1. The van der Waals surface area contributed by atoms with E-state index >= 15 is 0 Å². The predicted octanol–water partition coefficient (Wildman–Crippen LogP) is 3.44.